The van der Waals surface area contributed by atoms with Gasteiger partial charge in [-0.1, -0.05) is 48.5 Å². The molecule has 0 radical (unpaired) electrons. The van der Waals surface area contributed by atoms with E-state index in [4.69, 9.17) is 4.74 Å². The average molecular weight is 349 g/mol. The van der Waals surface area contributed by atoms with Crippen LogP contribution in [0, 0.1) is 6.92 Å². The minimum atomic E-state index is -1.01. The number of rotatable bonds is 4. The van der Waals surface area contributed by atoms with Crippen molar-refractivity contribution in [2.45, 2.75) is 20.0 Å². The van der Waals surface area contributed by atoms with Gasteiger partial charge in [-0.2, -0.15) is 0 Å². The summed E-state index contributed by atoms with van der Waals surface area (Å²) in [6, 6.07) is 18.1. The van der Waals surface area contributed by atoms with E-state index in [1.54, 1.807) is 25.1 Å². The Labute approximate surface area is 151 Å². The number of aryl methyl sites for hydroxylation is 1. The Bertz CT molecular complexity index is 975. The SMILES string of the molecule is Cc1cccc(C(=O)O[C@H](C)C(=O)Nc2cccc3ccccc23)c1O. The first-order valence-electron chi connectivity index (χ1n) is 8.25. The second-order valence-electron chi connectivity index (χ2n) is 6.03. The number of hydrogen-bond acceptors (Lipinski definition) is 4. The lowest BCUT2D eigenvalue weighted by atomic mass is 10.1. The number of fused-ring (bicyclic) bond motifs is 1. The predicted molar refractivity (Wildman–Crippen MR) is 100 cm³/mol. The molecule has 0 aliphatic heterocycles. The number of phenols is 1. The number of anilines is 1. The highest BCUT2D eigenvalue weighted by Crippen LogP contribution is 2.24. The lowest BCUT2D eigenvalue weighted by Crippen LogP contribution is -2.30. The molecule has 26 heavy (non-hydrogen) atoms. The van der Waals surface area contributed by atoms with Crippen molar-refractivity contribution in [2.24, 2.45) is 0 Å². The lowest BCUT2D eigenvalue weighted by Gasteiger charge is -2.15. The smallest absolute Gasteiger partial charge is 0.342 e. The summed E-state index contributed by atoms with van der Waals surface area (Å²) in [5, 5.41) is 14.7. The van der Waals surface area contributed by atoms with E-state index in [0.717, 1.165) is 10.8 Å². The molecule has 5 heteroatoms. The van der Waals surface area contributed by atoms with Crippen LogP contribution in [0.5, 0.6) is 5.75 Å². The van der Waals surface area contributed by atoms with Crippen molar-refractivity contribution < 1.29 is 19.4 Å². The Balaban J connectivity index is 1.73. The second kappa shape index (κ2) is 7.27. The highest BCUT2D eigenvalue weighted by atomic mass is 16.5. The summed E-state index contributed by atoms with van der Waals surface area (Å²) >= 11 is 0. The predicted octanol–water partition coefficient (Wildman–Crippen LogP) is 4.04. The van der Waals surface area contributed by atoms with Gasteiger partial charge in [-0.3, -0.25) is 4.79 Å². The van der Waals surface area contributed by atoms with Gasteiger partial charge in [0.2, 0.25) is 0 Å². The number of nitrogens with one attached hydrogen (secondary N) is 1. The molecule has 0 heterocycles. The molecular formula is C21H19NO4. The standard InChI is InChI=1S/C21H19NO4/c1-13-7-5-11-17(19(13)23)21(25)26-14(2)20(24)22-18-12-6-9-15-8-3-4-10-16(15)18/h3-12,14,23H,1-2H3,(H,22,24)/t14-/m1/s1. The van der Waals surface area contributed by atoms with Gasteiger partial charge in [0.15, 0.2) is 6.10 Å². The molecule has 1 amide bonds. The number of benzene rings is 3. The van der Waals surface area contributed by atoms with Crippen molar-refractivity contribution in [2.75, 3.05) is 5.32 Å². The highest BCUT2D eigenvalue weighted by molar-refractivity contribution is 6.04. The Morgan fingerprint density at radius 2 is 1.69 bits per heavy atom. The number of phenolic OH excluding ortho intramolecular Hbond substituents is 1. The van der Waals surface area contributed by atoms with Gasteiger partial charge in [-0.05, 0) is 36.9 Å². The third kappa shape index (κ3) is 3.52. The van der Waals surface area contributed by atoms with Crippen LogP contribution in [0.1, 0.15) is 22.8 Å². The second-order valence-corrected chi connectivity index (χ2v) is 6.03. The van der Waals surface area contributed by atoms with Gasteiger partial charge in [-0.15, -0.1) is 0 Å². The Hall–Kier alpha value is -3.34. The van der Waals surface area contributed by atoms with Crippen molar-refractivity contribution in [3.63, 3.8) is 0 Å². The van der Waals surface area contributed by atoms with E-state index in [-0.39, 0.29) is 11.3 Å². The maximum absolute atomic E-state index is 12.4. The summed E-state index contributed by atoms with van der Waals surface area (Å²) in [5.74, 6) is -1.33. The normalized spacial score (nSPS) is 11.8. The number of aromatic hydroxyl groups is 1. The number of ether oxygens (including phenoxy) is 1. The van der Waals surface area contributed by atoms with Crippen LogP contribution in [0.3, 0.4) is 0 Å². The molecule has 3 aromatic carbocycles. The fourth-order valence-corrected chi connectivity index (χ4v) is 2.67. The van der Waals surface area contributed by atoms with Crippen LogP contribution in [0.15, 0.2) is 60.7 Å². The summed E-state index contributed by atoms with van der Waals surface area (Å²) in [6.45, 7) is 3.17. The maximum atomic E-state index is 12.4. The van der Waals surface area contributed by atoms with Gasteiger partial charge in [-0.25, -0.2) is 4.79 Å². The van der Waals surface area contributed by atoms with Crippen molar-refractivity contribution >= 4 is 28.3 Å². The molecule has 2 N–H and O–H groups in total. The first kappa shape index (κ1) is 17.5. The quantitative estimate of drug-likeness (QED) is 0.697. The van der Waals surface area contributed by atoms with Crippen molar-refractivity contribution in [1.82, 2.24) is 0 Å². The zero-order valence-electron chi connectivity index (χ0n) is 14.5. The van der Waals surface area contributed by atoms with E-state index in [1.165, 1.54) is 13.0 Å². The first-order valence-corrected chi connectivity index (χ1v) is 8.25. The molecule has 5 nitrogen and oxygen atoms in total. The fraction of sp³-hybridized carbons (Fsp3) is 0.143. The highest BCUT2D eigenvalue weighted by Gasteiger charge is 2.22. The van der Waals surface area contributed by atoms with Gasteiger partial charge in [0, 0.05) is 11.1 Å². The zero-order valence-corrected chi connectivity index (χ0v) is 14.5. The Morgan fingerprint density at radius 1 is 1.00 bits per heavy atom. The van der Waals surface area contributed by atoms with E-state index >= 15 is 0 Å². The molecule has 0 bridgehead atoms. The third-order valence-electron chi connectivity index (χ3n) is 4.16. The summed E-state index contributed by atoms with van der Waals surface area (Å²) in [7, 11) is 0. The van der Waals surface area contributed by atoms with E-state index in [0.29, 0.717) is 11.3 Å². The minimum Gasteiger partial charge on any atom is -0.507 e. The molecule has 132 valence electrons. The van der Waals surface area contributed by atoms with Crippen LogP contribution >= 0.6 is 0 Å². The Morgan fingerprint density at radius 3 is 2.50 bits per heavy atom. The van der Waals surface area contributed by atoms with Crippen LogP contribution in [0.2, 0.25) is 0 Å². The Kier molecular flexibility index (Phi) is 4.89. The molecule has 3 aromatic rings. The van der Waals surface area contributed by atoms with Gasteiger partial charge in [0.25, 0.3) is 5.91 Å². The summed E-state index contributed by atoms with van der Waals surface area (Å²) < 4.78 is 5.21. The van der Waals surface area contributed by atoms with Crippen LogP contribution in [0.4, 0.5) is 5.69 Å². The summed E-state index contributed by atoms with van der Waals surface area (Å²) in [5.41, 5.74) is 1.25. The maximum Gasteiger partial charge on any atom is 0.342 e. The van der Waals surface area contributed by atoms with E-state index in [1.807, 2.05) is 36.4 Å². The molecule has 0 aliphatic carbocycles. The number of carbonyl (C=O) groups excluding carboxylic acids is 2. The monoisotopic (exact) mass is 349 g/mol. The van der Waals surface area contributed by atoms with Crippen LogP contribution < -0.4 is 5.32 Å². The van der Waals surface area contributed by atoms with Crippen LogP contribution in [0.25, 0.3) is 10.8 Å². The molecule has 0 aliphatic rings. The largest absolute Gasteiger partial charge is 0.507 e. The number of carbonyl (C=O) groups is 2. The van der Waals surface area contributed by atoms with Crippen molar-refractivity contribution in [3.05, 3.63) is 71.8 Å². The molecule has 0 fully saturated rings. The number of para-hydroxylation sites is 1. The molecule has 0 unspecified atom stereocenters. The first-order chi connectivity index (χ1) is 12.5. The molecule has 3 rings (SSSR count). The van der Waals surface area contributed by atoms with Crippen molar-refractivity contribution in [3.8, 4) is 5.75 Å². The van der Waals surface area contributed by atoms with Gasteiger partial charge in [0.05, 0.1) is 0 Å². The van der Waals surface area contributed by atoms with Gasteiger partial charge < -0.3 is 15.2 Å². The van der Waals surface area contributed by atoms with Gasteiger partial charge >= 0.3 is 5.97 Å². The molecule has 0 spiro atoms. The third-order valence-corrected chi connectivity index (χ3v) is 4.16. The molecule has 0 aromatic heterocycles. The molecule has 1 atom stereocenters. The van der Waals surface area contributed by atoms with Crippen LogP contribution in [-0.4, -0.2) is 23.1 Å². The fourth-order valence-electron chi connectivity index (χ4n) is 2.67. The van der Waals surface area contributed by atoms with E-state index in [2.05, 4.69) is 5.32 Å². The van der Waals surface area contributed by atoms with Crippen LogP contribution in [-0.2, 0) is 9.53 Å². The average Bonchev–Trinajstić information content (AvgIpc) is 2.64. The van der Waals surface area contributed by atoms with Crippen molar-refractivity contribution in [1.29, 1.82) is 0 Å². The topological polar surface area (TPSA) is 75.6 Å². The molecule has 0 saturated heterocycles. The number of hydrogen-bond donors (Lipinski definition) is 2. The van der Waals surface area contributed by atoms with Gasteiger partial charge in [0.1, 0.15) is 11.3 Å². The number of esters is 1. The summed E-state index contributed by atoms with van der Waals surface area (Å²) in [4.78, 5) is 24.7. The molecule has 0 saturated carbocycles. The zero-order chi connectivity index (χ0) is 18.7. The lowest BCUT2D eigenvalue weighted by molar-refractivity contribution is -0.123. The number of amides is 1. The summed E-state index contributed by atoms with van der Waals surface area (Å²) in [6.07, 6.45) is -1.01. The minimum absolute atomic E-state index is 0.0369. The molecular weight excluding hydrogens is 330 g/mol. The van der Waals surface area contributed by atoms with E-state index in [9.17, 15) is 14.7 Å². The van der Waals surface area contributed by atoms with E-state index < -0.39 is 18.0 Å².